The number of carbonyl (C=O) groups is 2. The molecule has 2 heterocycles. The maximum Gasteiger partial charge on any atom is 0.254 e. The lowest BCUT2D eigenvalue weighted by Gasteiger charge is -2.27. The van der Waals surface area contributed by atoms with E-state index in [1.165, 1.54) is 19.3 Å². The third-order valence-electron chi connectivity index (χ3n) is 7.03. The molecule has 3 fully saturated rings. The number of carbonyl (C=O) groups excluding carboxylic acids is 2. The van der Waals surface area contributed by atoms with Crippen molar-refractivity contribution < 1.29 is 9.59 Å². The number of hydrogen-bond donors (Lipinski definition) is 4. The van der Waals surface area contributed by atoms with Gasteiger partial charge in [0.15, 0.2) is 0 Å². The lowest BCUT2D eigenvalue weighted by atomic mass is 9.85. The molecule has 4 N–H and O–H groups in total. The van der Waals surface area contributed by atoms with Gasteiger partial charge < -0.3 is 26.2 Å². The molecule has 2 aliphatic carbocycles. The predicted molar refractivity (Wildman–Crippen MR) is 136 cm³/mol. The molecule has 0 spiro atoms. The van der Waals surface area contributed by atoms with Gasteiger partial charge in [0.25, 0.3) is 5.91 Å². The summed E-state index contributed by atoms with van der Waals surface area (Å²) in [6.45, 7) is 4.51. The van der Waals surface area contributed by atoms with E-state index in [1.807, 2.05) is 35.4 Å². The molecule has 1 aromatic carbocycles. The highest BCUT2D eigenvalue weighted by atomic mass is 16.2. The van der Waals surface area contributed by atoms with Crippen LogP contribution in [0.1, 0.15) is 60.4 Å². The van der Waals surface area contributed by atoms with Crippen LogP contribution in [-0.2, 0) is 4.79 Å². The van der Waals surface area contributed by atoms with Crippen LogP contribution >= 0.6 is 0 Å². The van der Waals surface area contributed by atoms with Crippen LogP contribution in [0, 0.1) is 5.92 Å². The summed E-state index contributed by atoms with van der Waals surface area (Å²) < 4.78 is 0. The van der Waals surface area contributed by atoms with Gasteiger partial charge in [-0.3, -0.25) is 9.59 Å². The number of nitrogens with zero attached hydrogens (tertiary/aromatic N) is 3. The summed E-state index contributed by atoms with van der Waals surface area (Å²) in [5.41, 5.74) is 2.60. The topological polar surface area (TPSA) is 111 Å². The standard InChI is InChI=1S/C26H35N7O2/c34-24(19-4-1-5-19)29-11-3-10-28-23-22(18-8-9-18)17-30-26(32-23)31-21-7-2-6-20(16-21)25(35)33-14-12-27-13-15-33/h2,6-7,16-19,27H,1,3-5,8-15H2,(H,29,34)(H2,28,30,31,32). The zero-order valence-corrected chi connectivity index (χ0v) is 20.2. The van der Waals surface area contributed by atoms with E-state index in [4.69, 9.17) is 4.98 Å². The second-order valence-electron chi connectivity index (χ2n) is 9.72. The summed E-state index contributed by atoms with van der Waals surface area (Å²) in [5.74, 6) is 2.34. The number of rotatable bonds is 10. The fourth-order valence-electron chi connectivity index (χ4n) is 4.52. The number of piperazine rings is 1. The minimum atomic E-state index is 0.0481. The van der Waals surface area contributed by atoms with Gasteiger partial charge in [-0.05, 0) is 56.2 Å². The zero-order valence-electron chi connectivity index (χ0n) is 20.2. The number of nitrogens with one attached hydrogen (secondary N) is 4. The van der Waals surface area contributed by atoms with Crippen LogP contribution in [0.5, 0.6) is 0 Å². The van der Waals surface area contributed by atoms with Gasteiger partial charge in [0.1, 0.15) is 5.82 Å². The molecule has 9 nitrogen and oxygen atoms in total. The van der Waals surface area contributed by atoms with Crippen molar-refractivity contribution in [3.63, 3.8) is 0 Å². The van der Waals surface area contributed by atoms with Crippen LogP contribution in [0.2, 0.25) is 0 Å². The van der Waals surface area contributed by atoms with Crippen molar-refractivity contribution in [2.45, 2.75) is 44.4 Å². The van der Waals surface area contributed by atoms with E-state index in [0.29, 0.717) is 24.0 Å². The number of aromatic nitrogens is 2. The summed E-state index contributed by atoms with van der Waals surface area (Å²) >= 11 is 0. The van der Waals surface area contributed by atoms with Gasteiger partial charge in [0.05, 0.1) is 0 Å². The first kappa shape index (κ1) is 23.5. The Kier molecular flexibility index (Phi) is 7.42. The van der Waals surface area contributed by atoms with Crippen molar-refractivity contribution in [1.29, 1.82) is 0 Å². The molecule has 3 aliphatic rings. The molecule has 9 heteroatoms. The van der Waals surface area contributed by atoms with Gasteiger partial charge in [-0.25, -0.2) is 4.98 Å². The Bertz CT molecular complexity index is 1050. The van der Waals surface area contributed by atoms with Crippen molar-refractivity contribution >= 4 is 29.3 Å². The number of anilines is 3. The first-order valence-electron chi connectivity index (χ1n) is 12.9. The fourth-order valence-corrected chi connectivity index (χ4v) is 4.52. The van der Waals surface area contributed by atoms with Gasteiger partial charge >= 0.3 is 0 Å². The fraction of sp³-hybridized carbons (Fsp3) is 0.538. The van der Waals surface area contributed by atoms with Crippen LogP contribution in [0.25, 0.3) is 0 Å². The quantitative estimate of drug-likeness (QED) is 0.390. The van der Waals surface area contributed by atoms with Crippen LogP contribution in [0.4, 0.5) is 17.5 Å². The molecule has 1 aromatic heterocycles. The van der Waals surface area contributed by atoms with E-state index in [2.05, 4.69) is 26.3 Å². The summed E-state index contributed by atoms with van der Waals surface area (Å²) in [5, 5.41) is 13.0. The molecule has 2 saturated carbocycles. The highest BCUT2D eigenvalue weighted by molar-refractivity contribution is 5.95. The van der Waals surface area contributed by atoms with Crippen molar-refractivity contribution in [2.24, 2.45) is 5.92 Å². The van der Waals surface area contributed by atoms with Crippen molar-refractivity contribution in [3.05, 3.63) is 41.6 Å². The van der Waals surface area contributed by atoms with E-state index in [-0.39, 0.29) is 17.7 Å². The Balaban J connectivity index is 1.19. The largest absolute Gasteiger partial charge is 0.370 e. The van der Waals surface area contributed by atoms with Gasteiger partial charge in [0.2, 0.25) is 11.9 Å². The summed E-state index contributed by atoms with van der Waals surface area (Å²) in [7, 11) is 0. The minimum absolute atomic E-state index is 0.0481. The first-order chi connectivity index (χ1) is 17.2. The van der Waals surface area contributed by atoms with Gasteiger partial charge in [-0.2, -0.15) is 4.98 Å². The molecule has 186 valence electrons. The molecule has 1 saturated heterocycles. The SMILES string of the molecule is O=C(NCCCNc1nc(Nc2cccc(C(=O)N3CCNCC3)c2)ncc1C1CC1)C1CCC1. The Morgan fingerprint density at radius 3 is 2.66 bits per heavy atom. The maximum atomic E-state index is 12.9. The molecule has 2 aromatic rings. The lowest BCUT2D eigenvalue weighted by molar-refractivity contribution is -0.127. The Hall–Kier alpha value is -3.20. The Labute approximate surface area is 206 Å². The third kappa shape index (κ3) is 6.08. The third-order valence-corrected chi connectivity index (χ3v) is 7.03. The second kappa shape index (κ2) is 11.0. The Morgan fingerprint density at radius 2 is 1.91 bits per heavy atom. The van der Waals surface area contributed by atoms with E-state index < -0.39 is 0 Å². The smallest absolute Gasteiger partial charge is 0.254 e. The molecule has 0 unspecified atom stereocenters. The van der Waals surface area contributed by atoms with Gasteiger partial charge in [-0.1, -0.05) is 12.5 Å². The average molecular weight is 478 g/mol. The van der Waals surface area contributed by atoms with E-state index in [1.54, 1.807) is 0 Å². The van der Waals surface area contributed by atoms with Crippen molar-refractivity contribution in [2.75, 3.05) is 49.9 Å². The normalized spacial score (nSPS) is 18.0. The van der Waals surface area contributed by atoms with Gasteiger partial charge in [0, 0.05) is 68.2 Å². The predicted octanol–water partition coefficient (Wildman–Crippen LogP) is 2.86. The molecule has 0 radical (unpaired) electrons. The number of hydrogen-bond acceptors (Lipinski definition) is 7. The second-order valence-corrected chi connectivity index (χ2v) is 9.72. The summed E-state index contributed by atoms with van der Waals surface area (Å²) in [6.07, 6.45) is 8.30. The maximum absolute atomic E-state index is 12.9. The zero-order chi connectivity index (χ0) is 24.0. The van der Waals surface area contributed by atoms with E-state index >= 15 is 0 Å². The monoisotopic (exact) mass is 477 g/mol. The minimum Gasteiger partial charge on any atom is -0.370 e. The molecule has 2 amide bonds. The molecule has 0 atom stereocenters. The summed E-state index contributed by atoms with van der Waals surface area (Å²) in [6, 6.07) is 7.52. The molecule has 5 rings (SSSR count). The lowest BCUT2D eigenvalue weighted by Crippen LogP contribution is -2.46. The van der Waals surface area contributed by atoms with Gasteiger partial charge in [-0.15, -0.1) is 0 Å². The van der Waals surface area contributed by atoms with Crippen LogP contribution < -0.4 is 21.3 Å². The highest BCUT2D eigenvalue weighted by Gasteiger charge is 2.28. The van der Waals surface area contributed by atoms with E-state index in [0.717, 1.165) is 69.1 Å². The molecule has 35 heavy (non-hydrogen) atoms. The highest BCUT2D eigenvalue weighted by Crippen LogP contribution is 2.42. The average Bonchev–Trinajstić information content (AvgIpc) is 3.69. The van der Waals surface area contributed by atoms with Crippen molar-refractivity contribution in [3.8, 4) is 0 Å². The van der Waals surface area contributed by atoms with Crippen LogP contribution in [0.3, 0.4) is 0 Å². The molecular weight excluding hydrogens is 442 g/mol. The number of benzene rings is 1. The summed E-state index contributed by atoms with van der Waals surface area (Å²) in [4.78, 5) is 36.0. The van der Waals surface area contributed by atoms with E-state index in [9.17, 15) is 9.59 Å². The molecule has 0 bridgehead atoms. The molecule has 1 aliphatic heterocycles. The first-order valence-corrected chi connectivity index (χ1v) is 12.9. The van der Waals surface area contributed by atoms with Crippen molar-refractivity contribution in [1.82, 2.24) is 25.5 Å². The van der Waals surface area contributed by atoms with Crippen LogP contribution in [0.15, 0.2) is 30.5 Å². The Morgan fingerprint density at radius 1 is 1.09 bits per heavy atom. The molecular formula is C26H35N7O2. The van der Waals surface area contributed by atoms with Crippen LogP contribution in [-0.4, -0.2) is 66.0 Å². The number of amides is 2.